The van der Waals surface area contributed by atoms with Gasteiger partial charge in [0.25, 0.3) is 6.01 Å². The molecule has 1 aromatic carbocycles. The molecule has 1 N–H and O–H groups in total. The van der Waals surface area contributed by atoms with Crippen molar-refractivity contribution in [3.63, 3.8) is 0 Å². The van der Waals surface area contributed by atoms with Gasteiger partial charge in [-0.05, 0) is 38.1 Å². The first kappa shape index (κ1) is 16.7. The second-order valence-corrected chi connectivity index (χ2v) is 6.46. The minimum absolute atomic E-state index is 0.00121. The third-order valence-electron chi connectivity index (χ3n) is 4.14. The number of hydrogen-bond acceptors (Lipinski definition) is 6. The summed E-state index contributed by atoms with van der Waals surface area (Å²) in [6.07, 6.45) is -0.0686. The Balaban J connectivity index is 1.72. The molecule has 130 valence electrons. The number of morpholine rings is 1. The SMILES string of the molecule is Cc1cc(C)c2oc(N3CCOC(CN(C)CC(=O)O)C3)nc2c1. The standard InChI is InChI=1S/C17H23N3O4/c1-11-6-12(2)16-14(7-11)18-17(24-16)20-4-5-23-13(9-20)8-19(3)10-15(21)22/h6-7,13H,4-5,8-10H2,1-3H3,(H,21,22). The van der Waals surface area contributed by atoms with Crippen molar-refractivity contribution in [2.24, 2.45) is 0 Å². The molecule has 1 atom stereocenters. The lowest BCUT2D eigenvalue weighted by atomic mass is 10.1. The van der Waals surface area contributed by atoms with E-state index in [-0.39, 0.29) is 12.6 Å². The normalized spacial score (nSPS) is 18.5. The molecule has 1 aromatic heterocycles. The largest absolute Gasteiger partial charge is 0.480 e. The number of aromatic nitrogens is 1. The topological polar surface area (TPSA) is 79.0 Å². The van der Waals surface area contributed by atoms with E-state index in [4.69, 9.17) is 14.3 Å². The Bertz CT molecular complexity index is 743. The summed E-state index contributed by atoms with van der Waals surface area (Å²) in [5, 5.41) is 8.85. The molecule has 1 fully saturated rings. The highest BCUT2D eigenvalue weighted by atomic mass is 16.5. The molecule has 0 saturated carbocycles. The number of benzene rings is 1. The Morgan fingerprint density at radius 2 is 2.25 bits per heavy atom. The Kier molecular flexibility index (Phi) is 4.73. The van der Waals surface area contributed by atoms with Crippen molar-refractivity contribution in [1.29, 1.82) is 0 Å². The van der Waals surface area contributed by atoms with Crippen LogP contribution in [-0.2, 0) is 9.53 Å². The van der Waals surface area contributed by atoms with Crippen molar-refractivity contribution < 1.29 is 19.1 Å². The fraction of sp³-hybridized carbons (Fsp3) is 0.529. The van der Waals surface area contributed by atoms with Gasteiger partial charge in [-0.2, -0.15) is 4.98 Å². The molecule has 2 aromatic rings. The van der Waals surface area contributed by atoms with Gasteiger partial charge in [-0.3, -0.25) is 9.69 Å². The van der Waals surface area contributed by atoms with E-state index in [1.165, 1.54) is 0 Å². The van der Waals surface area contributed by atoms with Crippen LogP contribution < -0.4 is 4.90 Å². The zero-order valence-corrected chi connectivity index (χ0v) is 14.3. The number of likely N-dealkylation sites (N-methyl/N-ethyl adjacent to an activating group) is 1. The van der Waals surface area contributed by atoms with Gasteiger partial charge in [0.05, 0.1) is 19.3 Å². The lowest BCUT2D eigenvalue weighted by molar-refractivity contribution is -0.138. The van der Waals surface area contributed by atoms with Gasteiger partial charge in [0.2, 0.25) is 0 Å². The fourth-order valence-electron chi connectivity index (χ4n) is 3.15. The number of hydrogen-bond donors (Lipinski definition) is 1. The van der Waals surface area contributed by atoms with E-state index in [0.717, 1.165) is 22.2 Å². The number of rotatable bonds is 5. The highest BCUT2D eigenvalue weighted by Gasteiger charge is 2.25. The molecule has 24 heavy (non-hydrogen) atoms. The van der Waals surface area contributed by atoms with E-state index in [9.17, 15) is 4.79 Å². The molecule has 0 aliphatic carbocycles. The van der Waals surface area contributed by atoms with E-state index >= 15 is 0 Å². The summed E-state index contributed by atoms with van der Waals surface area (Å²) in [6.45, 7) is 6.54. The lowest BCUT2D eigenvalue weighted by Crippen LogP contribution is -2.47. The summed E-state index contributed by atoms with van der Waals surface area (Å²) in [5.74, 6) is -0.838. The Morgan fingerprint density at radius 1 is 1.46 bits per heavy atom. The van der Waals surface area contributed by atoms with Crippen molar-refractivity contribution >= 4 is 23.1 Å². The predicted octanol–water partition coefficient (Wildman–Crippen LogP) is 1.67. The third kappa shape index (κ3) is 3.68. The van der Waals surface area contributed by atoms with Crippen LogP contribution in [0.3, 0.4) is 0 Å². The predicted molar refractivity (Wildman–Crippen MR) is 90.6 cm³/mol. The number of ether oxygens (including phenoxy) is 1. The third-order valence-corrected chi connectivity index (χ3v) is 4.14. The zero-order valence-electron chi connectivity index (χ0n) is 14.3. The smallest absolute Gasteiger partial charge is 0.317 e. The van der Waals surface area contributed by atoms with Gasteiger partial charge < -0.3 is 19.2 Å². The van der Waals surface area contributed by atoms with Crippen LogP contribution in [0.15, 0.2) is 16.5 Å². The first-order valence-electron chi connectivity index (χ1n) is 8.07. The maximum atomic E-state index is 10.8. The van der Waals surface area contributed by atoms with E-state index in [1.54, 1.807) is 11.9 Å². The molecule has 7 nitrogen and oxygen atoms in total. The number of anilines is 1. The summed E-state index contributed by atoms with van der Waals surface area (Å²) in [4.78, 5) is 19.2. The molecule has 0 amide bonds. The molecule has 1 unspecified atom stereocenters. The number of aliphatic carboxylic acids is 1. The minimum Gasteiger partial charge on any atom is -0.480 e. The average Bonchev–Trinajstić information content (AvgIpc) is 2.90. The maximum absolute atomic E-state index is 10.8. The second-order valence-electron chi connectivity index (χ2n) is 6.46. The number of fused-ring (bicyclic) bond motifs is 1. The molecule has 0 radical (unpaired) electrons. The number of carboxylic acids is 1. The Labute approximate surface area is 140 Å². The molecule has 1 aliphatic rings. The Morgan fingerprint density at radius 3 is 3.00 bits per heavy atom. The van der Waals surface area contributed by atoms with Crippen LogP contribution in [0.4, 0.5) is 6.01 Å². The molecule has 1 saturated heterocycles. The van der Waals surface area contributed by atoms with E-state index in [0.29, 0.717) is 32.3 Å². The summed E-state index contributed by atoms with van der Waals surface area (Å²) in [5.41, 5.74) is 3.93. The molecular weight excluding hydrogens is 310 g/mol. The highest BCUT2D eigenvalue weighted by molar-refractivity contribution is 5.78. The lowest BCUT2D eigenvalue weighted by Gasteiger charge is -2.33. The van der Waals surface area contributed by atoms with Crippen molar-refractivity contribution in [1.82, 2.24) is 9.88 Å². The molecule has 2 heterocycles. The fourth-order valence-corrected chi connectivity index (χ4v) is 3.15. The summed E-state index contributed by atoms with van der Waals surface area (Å²) in [7, 11) is 1.78. The summed E-state index contributed by atoms with van der Waals surface area (Å²) in [6, 6.07) is 4.71. The number of oxazole rings is 1. The van der Waals surface area contributed by atoms with Gasteiger partial charge in [0.15, 0.2) is 5.58 Å². The van der Waals surface area contributed by atoms with Crippen molar-refractivity contribution in [3.05, 3.63) is 23.3 Å². The van der Waals surface area contributed by atoms with Crippen molar-refractivity contribution in [2.75, 3.05) is 44.7 Å². The summed E-state index contributed by atoms with van der Waals surface area (Å²) >= 11 is 0. The van der Waals surface area contributed by atoms with Crippen LogP contribution in [0.2, 0.25) is 0 Å². The molecule has 1 aliphatic heterocycles. The number of carbonyl (C=O) groups is 1. The quantitative estimate of drug-likeness (QED) is 0.891. The first-order valence-corrected chi connectivity index (χ1v) is 8.07. The van der Waals surface area contributed by atoms with Gasteiger partial charge >= 0.3 is 5.97 Å². The highest BCUT2D eigenvalue weighted by Crippen LogP contribution is 2.27. The van der Waals surface area contributed by atoms with Gasteiger partial charge in [0, 0.05) is 19.6 Å². The molecular formula is C17H23N3O4. The van der Waals surface area contributed by atoms with Gasteiger partial charge in [0.1, 0.15) is 5.52 Å². The molecule has 0 spiro atoms. The van der Waals surface area contributed by atoms with Crippen LogP contribution in [-0.4, -0.2) is 66.9 Å². The van der Waals surface area contributed by atoms with Crippen LogP contribution in [0, 0.1) is 13.8 Å². The first-order chi connectivity index (χ1) is 11.4. The molecule has 3 rings (SSSR count). The van der Waals surface area contributed by atoms with Crippen LogP contribution in [0.25, 0.3) is 11.1 Å². The molecule has 0 bridgehead atoms. The van der Waals surface area contributed by atoms with Crippen LogP contribution in [0.1, 0.15) is 11.1 Å². The van der Waals surface area contributed by atoms with Crippen molar-refractivity contribution in [3.8, 4) is 0 Å². The van der Waals surface area contributed by atoms with E-state index in [2.05, 4.69) is 16.0 Å². The molecule has 7 heteroatoms. The Hall–Kier alpha value is -2.12. The maximum Gasteiger partial charge on any atom is 0.317 e. The van der Waals surface area contributed by atoms with Gasteiger partial charge in [-0.15, -0.1) is 0 Å². The van der Waals surface area contributed by atoms with Crippen LogP contribution >= 0.6 is 0 Å². The van der Waals surface area contributed by atoms with E-state index < -0.39 is 5.97 Å². The average molecular weight is 333 g/mol. The van der Waals surface area contributed by atoms with Crippen molar-refractivity contribution in [2.45, 2.75) is 20.0 Å². The number of carboxylic acid groups (broad SMARTS) is 1. The number of aryl methyl sites for hydroxylation is 2. The number of nitrogens with zero attached hydrogens (tertiary/aromatic N) is 3. The van der Waals surface area contributed by atoms with Crippen LogP contribution in [0.5, 0.6) is 0 Å². The van der Waals surface area contributed by atoms with E-state index in [1.807, 2.05) is 19.9 Å². The second kappa shape index (κ2) is 6.78. The monoisotopic (exact) mass is 333 g/mol. The van der Waals surface area contributed by atoms with Gasteiger partial charge in [-0.25, -0.2) is 0 Å². The summed E-state index contributed by atoms with van der Waals surface area (Å²) < 4.78 is 11.7. The minimum atomic E-state index is -0.838. The van der Waals surface area contributed by atoms with Gasteiger partial charge in [-0.1, -0.05) is 6.07 Å². The zero-order chi connectivity index (χ0) is 17.3.